The zero-order valence-corrected chi connectivity index (χ0v) is 17.7. The molecule has 1 aliphatic carbocycles. The molecule has 3 heterocycles. The van der Waals surface area contributed by atoms with Crippen molar-refractivity contribution >= 4 is 11.6 Å². The number of pyridine rings is 1. The van der Waals surface area contributed by atoms with Crippen LogP contribution >= 0.6 is 0 Å². The van der Waals surface area contributed by atoms with Gasteiger partial charge in [-0.2, -0.15) is 4.98 Å². The first kappa shape index (κ1) is 21.0. The standard InChI is InChI=1S/C23H32N4O3/c28-16-19(29)14-23(11-2-1-3-12-23)15-21-26-20(27-30-21)8-4-7-18-10-9-17-6-5-13-24-22(17)25-18/h9-10,28H,1-8,11-16H2,(H,24,25). The molecule has 2 aliphatic rings. The van der Waals surface area contributed by atoms with E-state index in [4.69, 9.17) is 9.51 Å². The van der Waals surface area contributed by atoms with E-state index in [0.717, 1.165) is 75.2 Å². The van der Waals surface area contributed by atoms with Crippen molar-refractivity contribution in [2.24, 2.45) is 5.41 Å². The molecule has 7 heteroatoms. The van der Waals surface area contributed by atoms with Gasteiger partial charge in [0, 0.05) is 31.5 Å². The second-order valence-electron chi connectivity index (χ2n) is 8.91. The number of aliphatic hydroxyl groups is 1. The molecule has 2 aromatic rings. The number of aryl methyl sites for hydroxylation is 3. The molecule has 0 aromatic carbocycles. The van der Waals surface area contributed by atoms with Gasteiger partial charge in [-0.1, -0.05) is 30.5 Å². The number of carbonyl (C=O) groups excluding carboxylic acids is 1. The van der Waals surface area contributed by atoms with E-state index in [2.05, 4.69) is 27.6 Å². The summed E-state index contributed by atoms with van der Waals surface area (Å²) < 4.78 is 5.52. The highest BCUT2D eigenvalue weighted by atomic mass is 16.5. The van der Waals surface area contributed by atoms with E-state index < -0.39 is 0 Å². The molecule has 0 spiro atoms. The minimum atomic E-state index is -0.386. The Balaban J connectivity index is 1.32. The highest BCUT2D eigenvalue weighted by molar-refractivity contribution is 5.80. The topological polar surface area (TPSA) is 101 Å². The number of rotatable bonds is 9. The number of nitrogens with one attached hydrogen (secondary N) is 1. The van der Waals surface area contributed by atoms with Gasteiger partial charge in [-0.3, -0.25) is 4.79 Å². The SMILES string of the molecule is O=C(CO)CC1(Cc2nc(CCCc3ccc4c(n3)NCCC4)no2)CCCCC1. The Kier molecular flexibility index (Phi) is 6.77. The number of ketones is 1. The van der Waals surface area contributed by atoms with Gasteiger partial charge in [0.15, 0.2) is 11.6 Å². The van der Waals surface area contributed by atoms with Crippen molar-refractivity contribution in [1.29, 1.82) is 0 Å². The van der Waals surface area contributed by atoms with Gasteiger partial charge in [0.1, 0.15) is 12.4 Å². The fourth-order valence-electron chi connectivity index (χ4n) is 4.91. The third kappa shape index (κ3) is 5.25. The van der Waals surface area contributed by atoms with E-state index in [9.17, 15) is 9.90 Å². The van der Waals surface area contributed by atoms with Gasteiger partial charge >= 0.3 is 0 Å². The van der Waals surface area contributed by atoms with Crippen LogP contribution in [0.1, 0.15) is 74.3 Å². The van der Waals surface area contributed by atoms with Gasteiger partial charge in [-0.15, -0.1) is 0 Å². The number of aromatic nitrogens is 3. The predicted molar refractivity (Wildman–Crippen MR) is 113 cm³/mol. The van der Waals surface area contributed by atoms with Crippen LogP contribution in [-0.4, -0.2) is 39.2 Å². The van der Waals surface area contributed by atoms with E-state index in [0.29, 0.717) is 18.7 Å². The van der Waals surface area contributed by atoms with Crippen LogP contribution in [0.3, 0.4) is 0 Å². The van der Waals surface area contributed by atoms with E-state index in [1.807, 2.05) is 0 Å². The van der Waals surface area contributed by atoms with Crippen molar-refractivity contribution in [2.75, 3.05) is 18.5 Å². The third-order valence-corrected chi connectivity index (χ3v) is 6.48. The van der Waals surface area contributed by atoms with Crippen LogP contribution in [0.4, 0.5) is 5.82 Å². The number of hydrogen-bond acceptors (Lipinski definition) is 7. The molecule has 0 saturated heterocycles. The minimum Gasteiger partial charge on any atom is -0.389 e. The van der Waals surface area contributed by atoms with E-state index in [1.165, 1.54) is 18.4 Å². The average molecular weight is 413 g/mol. The molecule has 30 heavy (non-hydrogen) atoms. The Morgan fingerprint density at radius 1 is 1.13 bits per heavy atom. The average Bonchev–Trinajstić information content (AvgIpc) is 3.21. The van der Waals surface area contributed by atoms with Gasteiger partial charge in [0.2, 0.25) is 5.89 Å². The molecular weight excluding hydrogens is 380 g/mol. The van der Waals surface area contributed by atoms with Crippen LogP contribution in [-0.2, 0) is 30.5 Å². The molecule has 1 fully saturated rings. The van der Waals surface area contributed by atoms with Crippen molar-refractivity contribution in [3.05, 3.63) is 35.1 Å². The molecule has 2 N–H and O–H groups in total. The lowest BCUT2D eigenvalue weighted by molar-refractivity contribution is -0.124. The summed E-state index contributed by atoms with van der Waals surface area (Å²) in [4.78, 5) is 21.3. The lowest BCUT2D eigenvalue weighted by Crippen LogP contribution is -2.31. The summed E-state index contributed by atoms with van der Waals surface area (Å²) in [6, 6.07) is 4.31. The minimum absolute atomic E-state index is 0.0938. The summed E-state index contributed by atoms with van der Waals surface area (Å²) >= 11 is 0. The normalized spacial score (nSPS) is 17.9. The Morgan fingerprint density at radius 2 is 2.00 bits per heavy atom. The van der Waals surface area contributed by atoms with Crippen LogP contribution in [0.2, 0.25) is 0 Å². The van der Waals surface area contributed by atoms with Gasteiger partial charge in [-0.05, 0) is 55.6 Å². The van der Waals surface area contributed by atoms with E-state index in [-0.39, 0.29) is 17.8 Å². The van der Waals surface area contributed by atoms with Gasteiger partial charge in [0.05, 0.1) is 0 Å². The fraction of sp³-hybridized carbons (Fsp3) is 0.652. The Labute approximate surface area is 177 Å². The monoisotopic (exact) mass is 412 g/mol. The molecule has 0 amide bonds. The van der Waals surface area contributed by atoms with Gasteiger partial charge in [0.25, 0.3) is 0 Å². The maximum atomic E-state index is 11.9. The molecule has 4 rings (SSSR count). The highest BCUT2D eigenvalue weighted by Crippen LogP contribution is 2.42. The Hall–Kier alpha value is -2.28. The summed E-state index contributed by atoms with van der Waals surface area (Å²) in [5, 5.41) is 16.7. The lowest BCUT2D eigenvalue weighted by Gasteiger charge is -2.35. The second-order valence-corrected chi connectivity index (χ2v) is 8.91. The quantitative estimate of drug-likeness (QED) is 0.650. The Morgan fingerprint density at radius 3 is 2.83 bits per heavy atom. The molecule has 0 atom stereocenters. The molecule has 0 bridgehead atoms. The zero-order chi connectivity index (χ0) is 20.8. The summed E-state index contributed by atoms with van der Waals surface area (Å²) in [7, 11) is 0. The van der Waals surface area contributed by atoms with Crippen molar-refractivity contribution in [1.82, 2.24) is 15.1 Å². The molecular formula is C23H32N4O3. The zero-order valence-electron chi connectivity index (χ0n) is 17.7. The summed E-state index contributed by atoms with van der Waals surface area (Å²) in [5.41, 5.74) is 2.27. The van der Waals surface area contributed by atoms with Crippen molar-refractivity contribution < 1.29 is 14.4 Å². The number of aliphatic hydroxyl groups excluding tert-OH is 1. The van der Waals surface area contributed by atoms with Crippen molar-refractivity contribution in [2.45, 2.75) is 77.0 Å². The smallest absolute Gasteiger partial charge is 0.227 e. The molecule has 0 radical (unpaired) electrons. The fourth-order valence-corrected chi connectivity index (χ4v) is 4.91. The van der Waals surface area contributed by atoms with Crippen molar-refractivity contribution in [3.8, 4) is 0 Å². The summed E-state index contributed by atoms with van der Waals surface area (Å²) in [5.74, 6) is 2.29. The van der Waals surface area contributed by atoms with Gasteiger partial charge < -0.3 is 14.9 Å². The van der Waals surface area contributed by atoms with E-state index >= 15 is 0 Å². The molecule has 0 unspecified atom stereocenters. The first-order chi connectivity index (χ1) is 14.7. The number of fused-ring (bicyclic) bond motifs is 1. The number of carbonyl (C=O) groups is 1. The summed E-state index contributed by atoms with van der Waals surface area (Å²) in [6.45, 7) is 0.615. The lowest BCUT2D eigenvalue weighted by atomic mass is 9.69. The Bertz CT molecular complexity index is 858. The number of nitrogens with zero attached hydrogens (tertiary/aromatic N) is 3. The molecule has 162 valence electrons. The number of hydrogen-bond donors (Lipinski definition) is 2. The number of Topliss-reactive ketones (excluding diaryl/α,β-unsaturated/α-hetero) is 1. The van der Waals surface area contributed by atoms with Crippen LogP contribution in [0.5, 0.6) is 0 Å². The maximum absolute atomic E-state index is 11.9. The number of anilines is 1. The van der Waals surface area contributed by atoms with Gasteiger partial charge in [-0.25, -0.2) is 4.98 Å². The maximum Gasteiger partial charge on any atom is 0.227 e. The summed E-state index contributed by atoms with van der Waals surface area (Å²) in [6.07, 6.45) is 11.2. The van der Waals surface area contributed by atoms with Crippen LogP contribution in [0, 0.1) is 5.41 Å². The van der Waals surface area contributed by atoms with Crippen molar-refractivity contribution in [3.63, 3.8) is 0 Å². The van der Waals surface area contributed by atoms with Crippen LogP contribution < -0.4 is 5.32 Å². The molecule has 2 aromatic heterocycles. The van der Waals surface area contributed by atoms with E-state index in [1.54, 1.807) is 0 Å². The van der Waals surface area contributed by atoms with Crippen LogP contribution in [0.25, 0.3) is 0 Å². The molecule has 1 aliphatic heterocycles. The van der Waals surface area contributed by atoms with Crippen LogP contribution in [0.15, 0.2) is 16.7 Å². The second kappa shape index (κ2) is 9.69. The third-order valence-electron chi connectivity index (χ3n) is 6.48. The first-order valence-electron chi connectivity index (χ1n) is 11.3. The highest BCUT2D eigenvalue weighted by Gasteiger charge is 2.36. The first-order valence-corrected chi connectivity index (χ1v) is 11.3. The predicted octanol–water partition coefficient (Wildman–Crippen LogP) is 3.44. The molecule has 7 nitrogen and oxygen atoms in total. The molecule has 1 saturated carbocycles. The largest absolute Gasteiger partial charge is 0.389 e.